The molecule has 0 fully saturated rings. The monoisotopic (exact) mass is 299 g/mol. The van der Waals surface area contributed by atoms with Crippen LogP contribution in [0.15, 0.2) is 0 Å². The van der Waals surface area contributed by atoms with Gasteiger partial charge in [0.1, 0.15) is 26.0 Å². The fourth-order valence-corrected chi connectivity index (χ4v) is 10.7. The van der Waals surface area contributed by atoms with Gasteiger partial charge in [-0.05, 0) is 6.42 Å². The molecule has 0 aliphatic heterocycles. The van der Waals surface area contributed by atoms with Gasteiger partial charge in [0.05, 0.1) is 6.61 Å². The Kier molecular flexibility index (Phi) is 10.7. The largest absolute Gasteiger partial charge is 0.313 e. The summed E-state index contributed by atoms with van der Waals surface area (Å²) in [6.45, 7) is 17.2. The molecule has 0 bridgehead atoms. The van der Waals surface area contributed by atoms with E-state index in [1.54, 1.807) is 0 Å². The molecule has 0 aromatic heterocycles. The van der Waals surface area contributed by atoms with Gasteiger partial charge in [0, 0.05) is 0 Å². The van der Waals surface area contributed by atoms with Crippen LogP contribution in [-0.4, -0.2) is 37.0 Å². The Hall–Kier alpha value is 0.861. The van der Waals surface area contributed by atoms with Gasteiger partial charge in [0.2, 0.25) is 0 Å². The lowest BCUT2D eigenvalue weighted by atomic mass is 10.4. The minimum absolute atomic E-state index is 0.778. The van der Waals surface area contributed by atoms with Crippen molar-refractivity contribution in [3.05, 3.63) is 0 Å². The number of unbranched alkanes of at least 4 members (excludes halogenated alkanes) is 1. The van der Waals surface area contributed by atoms with E-state index in [1.165, 1.54) is 12.8 Å². The molecule has 0 amide bonds. The minimum Gasteiger partial charge on any atom is -0.313 e. The molecule has 6 heteroatoms. The van der Waals surface area contributed by atoms with Crippen LogP contribution < -0.4 is 0 Å². The van der Waals surface area contributed by atoms with Gasteiger partial charge in [-0.1, -0.05) is 52.6 Å². The van der Waals surface area contributed by atoms with Gasteiger partial charge in [0.25, 0.3) is 0 Å². The van der Waals surface area contributed by atoms with E-state index in [1.807, 2.05) is 0 Å². The molecule has 0 saturated carbocycles. The molecule has 0 spiro atoms. The molecule has 100 valence electrons. The summed E-state index contributed by atoms with van der Waals surface area (Å²) in [4.78, 5) is 5.97. The zero-order valence-corrected chi connectivity index (χ0v) is 17.1. The number of hydrogen-bond acceptors (Lipinski definition) is 2. The first-order valence-electron chi connectivity index (χ1n) is 6.00. The van der Waals surface area contributed by atoms with Gasteiger partial charge in [0.15, 0.2) is 0 Å². The van der Waals surface area contributed by atoms with Crippen molar-refractivity contribution in [1.29, 1.82) is 0 Å². The summed E-state index contributed by atoms with van der Waals surface area (Å²) in [7, 11) is -1.82. The molecular formula is C10H30ClNOSi3. The van der Waals surface area contributed by atoms with Crippen molar-refractivity contribution in [2.45, 2.75) is 59.0 Å². The zero-order chi connectivity index (χ0) is 13.4. The van der Waals surface area contributed by atoms with E-state index in [0.717, 1.165) is 16.2 Å². The van der Waals surface area contributed by atoms with Crippen LogP contribution in [0.2, 0.25) is 39.3 Å². The number of halogens is 1. The molecule has 0 atom stereocenters. The summed E-state index contributed by atoms with van der Waals surface area (Å²) in [6.07, 6.45) is 2.39. The second-order valence-corrected chi connectivity index (χ2v) is 15.8. The average Bonchev–Trinajstić information content (AvgIpc) is 2.11. The van der Waals surface area contributed by atoms with Gasteiger partial charge >= 0.3 is 0 Å². The lowest BCUT2D eigenvalue weighted by molar-refractivity contribution is -0.0369. The predicted molar refractivity (Wildman–Crippen MR) is 85.2 cm³/mol. The smallest absolute Gasteiger partial charge is 0.141 e. The highest BCUT2D eigenvalue weighted by atomic mass is 35.6. The van der Waals surface area contributed by atoms with Crippen molar-refractivity contribution >= 4 is 37.1 Å². The quantitative estimate of drug-likeness (QED) is 0.323. The molecular weight excluding hydrogens is 270 g/mol. The van der Waals surface area contributed by atoms with Crippen LogP contribution in [0.5, 0.6) is 0 Å². The maximum atomic E-state index is 5.97. The third-order valence-electron chi connectivity index (χ3n) is 1.94. The lowest BCUT2D eigenvalue weighted by Gasteiger charge is -2.42. The zero-order valence-electron chi connectivity index (χ0n) is 12.4. The van der Waals surface area contributed by atoms with E-state index < -0.39 is 16.5 Å². The minimum atomic E-state index is -1.30. The maximum Gasteiger partial charge on any atom is 0.141 e. The van der Waals surface area contributed by atoms with Crippen LogP contribution in [0.25, 0.3) is 0 Å². The molecule has 0 aromatic rings. The molecule has 0 unspecified atom stereocenters. The summed E-state index contributed by atoms with van der Waals surface area (Å²) < 4.78 is 2.38. The molecule has 0 N–H and O–H groups in total. The van der Waals surface area contributed by atoms with Crippen molar-refractivity contribution in [1.82, 2.24) is 4.39 Å². The maximum absolute atomic E-state index is 5.97. The van der Waals surface area contributed by atoms with E-state index in [9.17, 15) is 0 Å². The van der Waals surface area contributed by atoms with E-state index in [2.05, 4.69) is 50.6 Å². The fraction of sp³-hybridized carbons (Fsp3) is 1.00. The summed E-state index contributed by atoms with van der Waals surface area (Å²) in [5.74, 6) is 0. The molecule has 16 heavy (non-hydrogen) atoms. The van der Waals surface area contributed by atoms with Gasteiger partial charge in [-0.3, -0.25) is 0 Å². The Bertz CT molecular complexity index is 154. The summed E-state index contributed by atoms with van der Waals surface area (Å²) in [5.41, 5.74) is 0. The van der Waals surface area contributed by atoms with Crippen LogP contribution in [0, 0.1) is 0 Å². The van der Waals surface area contributed by atoms with Crippen LogP contribution in [0.3, 0.4) is 0 Å². The second kappa shape index (κ2) is 8.88. The van der Waals surface area contributed by atoms with Gasteiger partial charge in [-0.25, -0.2) is 4.39 Å². The van der Waals surface area contributed by atoms with Crippen molar-refractivity contribution < 1.29 is 4.84 Å². The average molecular weight is 300 g/mol. The fourth-order valence-electron chi connectivity index (χ4n) is 1.69. The van der Waals surface area contributed by atoms with Crippen molar-refractivity contribution in [3.63, 3.8) is 0 Å². The summed E-state index contributed by atoms with van der Waals surface area (Å²) in [5, 5.41) is 0. The Morgan fingerprint density at radius 3 is 1.62 bits per heavy atom. The molecule has 0 radical (unpaired) electrons. The summed E-state index contributed by atoms with van der Waals surface area (Å²) >= 11 is 4.78. The van der Waals surface area contributed by atoms with E-state index in [0.29, 0.717) is 0 Å². The SMILES string of the molecule is CCCCON([Si](C)(C)C)[Si](C)(C)C.[SiH3]Cl. The topological polar surface area (TPSA) is 12.5 Å². The number of hydrogen-bond donors (Lipinski definition) is 0. The van der Waals surface area contributed by atoms with Crippen molar-refractivity contribution in [2.75, 3.05) is 6.61 Å². The highest BCUT2D eigenvalue weighted by Gasteiger charge is 2.35. The molecule has 0 saturated heterocycles. The highest BCUT2D eigenvalue weighted by molar-refractivity contribution is 6.89. The number of rotatable bonds is 6. The van der Waals surface area contributed by atoms with Crippen LogP contribution >= 0.6 is 11.1 Å². The van der Waals surface area contributed by atoms with Crippen molar-refractivity contribution in [2.24, 2.45) is 0 Å². The van der Waals surface area contributed by atoms with Crippen LogP contribution in [0.4, 0.5) is 0 Å². The third-order valence-corrected chi connectivity index (χ3v) is 8.66. The highest BCUT2D eigenvalue weighted by Crippen LogP contribution is 2.20. The first-order valence-corrected chi connectivity index (χ1v) is 15.9. The molecule has 0 rings (SSSR count). The standard InChI is InChI=1S/C10H27NOSi2.ClH3Si/c1-8-9-10-12-11(13(2,3)4)14(5,6)7;1-2/h8-10H2,1-7H3;2H3. The molecule has 0 aromatic carbocycles. The van der Waals surface area contributed by atoms with Gasteiger partial charge < -0.3 is 4.84 Å². The first-order chi connectivity index (χ1) is 7.19. The van der Waals surface area contributed by atoms with Crippen LogP contribution in [0.1, 0.15) is 19.8 Å². The molecule has 2 nitrogen and oxygen atoms in total. The Morgan fingerprint density at radius 2 is 1.38 bits per heavy atom. The molecule has 0 heterocycles. The van der Waals surface area contributed by atoms with Gasteiger partial charge in [-0.15, -0.1) is 0 Å². The van der Waals surface area contributed by atoms with Gasteiger partial charge in [-0.2, -0.15) is 11.1 Å². The molecule has 0 aliphatic rings. The second-order valence-electron chi connectivity index (χ2n) is 5.82. The first kappa shape index (κ1) is 19.2. The van der Waals surface area contributed by atoms with E-state index in [-0.39, 0.29) is 0 Å². The summed E-state index contributed by atoms with van der Waals surface area (Å²) in [6, 6.07) is 0. The van der Waals surface area contributed by atoms with Crippen LogP contribution in [-0.2, 0) is 4.84 Å². The van der Waals surface area contributed by atoms with E-state index >= 15 is 0 Å². The Morgan fingerprint density at radius 1 is 1.00 bits per heavy atom. The Labute approximate surface area is 112 Å². The van der Waals surface area contributed by atoms with Crippen molar-refractivity contribution in [3.8, 4) is 0 Å². The predicted octanol–water partition coefficient (Wildman–Crippen LogP) is 3.20. The Balaban J connectivity index is 0. The van der Waals surface area contributed by atoms with E-state index in [4.69, 9.17) is 15.9 Å². The lowest BCUT2D eigenvalue weighted by Crippen LogP contribution is -2.58. The number of nitrogens with zero attached hydrogens (tertiary/aromatic N) is 1. The molecule has 0 aliphatic carbocycles. The normalized spacial score (nSPS) is 12.6. The third kappa shape index (κ3) is 8.95.